The highest BCUT2D eigenvalue weighted by molar-refractivity contribution is 5.38. The lowest BCUT2D eigenvalue weighted by atomic mass is 9.95. The predicted octanol–water partition coefficient (Wildman–Crippen LogP) is 7.93. The van der Waals surface area contributed by atoms with Gasteiger partial charge in [-0.1, -0.05) is 68.2 Å². The summed E-state index contributed by atoms with van der Waals surface area (Å²) in [6, 6.07) is 0.274. The van der Waals surface area contributed by atoms with Crippen LogP contribution in [0.25, 0.3) is 0 Å². The molecule has 0 radical (unpaired) electrons. The molecule has 2 aliphatic rings. The van der Waals surface area contributed by atoms with E-state index in [2.05, 4.69) is 117 Å². The second-order valence-corrected chi connectivity index (χ2v) is 9.20. The van der Waals surface area contributed by atoms with Gasteiger partial charge in [-0.3, -0.25) is 0 Å². The second kappa shape index (κ2) is 16.0. The molecule has 2 atom stereocenters. The highest BCUT2D eigenvalue weighted by Gasteiger charge is 2.23. The lowest BCUT2D eigenvalue weighted by molar-refractivity contribution is 0.339. The van der Waals surface area contributed by atoms with Gasteiger partial charge in [-0.05, 0) is 96.1 Å². The van der Waals surface area contributed by atoms with Crippen LogP contribution in [0.4, 0.5) is 0 Å². The van der Waals surface area contributed by atoms with E-state index in [0.29, 0.717) is 12.5 Å². The molecule has 0 aromatic carbocycles. The number of nitrogens with zero attached hydrogens (tertiary/aromatic N) is 2. The zero-order chi connectivity index (χ0) is 25.5. The van der Waals surface area contributed by atoms with E-state index in [4.69, 9.17) is 5.73 Å². The molecule has 2 unspecified atom stereocenters. The van der Waals surface area contributed by atoms with Crippen LogP contribution >= 0.6 is 0 Å². The van der Waals surface area contributed by atoms with Crippen molar-refractivity contribution in [3.05, 3.63) is 108 Å². The maximum atomic E-state index is 5.68. The predicted molar refractivity (Wildman–Crippen MR) is 154 cm³/mol. The third-order valence-corrected chi connectivity index (χ3v) is 6.68. The summed E-state index contributed by atoms with van der Waals surface area (Å²) in [6.07, 6.45) is 35.6. The van der Waals surface area contributed by atoms with Crippen molar-refractivity contribution in [2.24, 2.45) is 11.7 Å². The molecule has 0 aliphatic heterocycles. The number of nitrogens with two attached hydrogens (primary N) is 1. The zero-order valence-electron chi connectivity index (χ0n) is 22.5. The molecular formula is C32H47N3. The van der Waals surface area contributed by atoms with Crippen molar-refractivity contribution in [1.29, 1.82) is 0 Å². The van der Waals surface area contributed by atoms with E-state index in [1.54, 1.807) is 0 Å². The van der Waals surface area contributed by atoms with E-state index in [9.17, 15) is 0 Å². The molecule has 190 valence electrons. The summed E-state index contributed by atoms with van der Waals surface area (Å²) in [5.41, 5.74) is 10.8. The second-order valence-electron chi connectivity index (χ2n) is 9.20. The molecule has 2 rings (SSSR count). The Balaban J connectivity index is 2.35. The Hall–Kier alpha value is -2.78. The fourth-order valence-electron chi connectivity index (χ4n) is 4.71. The number of hydrogen-bond donors (Lipinski definition) is 1. The third kappa shape index (κ3) is 8.74. The van der Waals surface area contributed by atoms with Gasteiger partial charge in [0.15, 0.2) is 0 Å². The first-order valence-electron chi connectivity index (χ1n) is 13.4. The Morgan fingerprint density at radius 1 is 1.23 bits per heavy atom. The number of rotatable bonds is 13. The first-order valence-corrected chi connectivity index (χ1v) is 13.4. The van der Waals surface area contributed by atoms with Crippen molar-refractivity contribution in [3.63, 3.8) is 0 Å². The largest absolute Gasteiger partial charge is 0.365 e. The highest BCUT2D eigenvalue weighted by Crippen LogP contribution is 2.34. The molecule has 0 saturated carbocycles. The molecule has 0 spiro atoms. The van der Waals surface area contributed by atoms with Gasteiger partial charge in [0, 0.05) is 35.4 Å². The maximum Gasteiger partial charge on any atom is 0.0445 e. The average Bonchev–Trinajstić information content (AvgIpc) is 3.12. The first kappa shape index (κ1) is 28.5. The molecule has 0 aromatic heterocycles. The molecule has 0 fully saturated rings. The fourth-order valence-corrected chi connectivity index (χ4v) is 4.71. The Labute approximate surface area is 215 Å². The highest BCUT2D eigenvalue weighted by atomic mass is 15.2. The van der Waals surface area contributed by atoms with Crippen LogP contribution < -0.4 is 5.73 Å². The molecule has 0 heterocycles. The van der Waals surface area contributed by atoms with E-state index in [1.165, 1.54) is 29.2 Å². The Morgan fingerprint density at radius 3 is 2.71 bits per heavy atom. The minimum absolute atomic E-state index is 0.274. The van der Waals surface area contributed by atoms with Gasteiger partial charge in [0.25, 0.3) is 0 Å². The molecule has 3 nitrogen and oxygen atoms in total. The van der Waals surface area contributed by atoms with Crippen molar-refractivity contribution in [3.8, 4) is 0 Å². The Bertz CT molecular complexity index is 907. The standard InChI is InChI=1S/C32H47N3/c1-6-18-27(4)34(28(5)19-15-16-25-33)26-17-23-30(8-3)35(31-21-12-10-13-22-31)32-24-14-9-11-20-29(32)7-2/h6,8-9,12,14-15,17-19,21-24,28-29H,1,7,10-11,13,16,20,25-26,33H2,2-5H3/b19-15-,23-17-,27-18+,30-8+. The quantitative estimate of drug-likeness (QED) is 0.218. The molecule has 0 amide bonds. The average molecular weight is 474 g/mol. The summed E-state index contributed by atoms with van der Waals surface area (Å²) in [5, 5.41) is 0. The fraction of sp³-hybridized carbons (Fsp3) is 0.438. The van der Waals surface area contributed by atoms with Crippen LogP contribution in [0.1, 0.15) is 66.2 Å². The summed E-state index contributed by atoms with van der Waals surface area (Å²) in [6.45, 7) is 14.2. The van der Waals surface area contributed by atoms with Crippen LogP contribution in [0.15, 0.2) is 108 Å². The summed E-state index contributed by atoms with van der Waals surface area (Å²) in [7, 11) is 0. The van der Waals surface area contributed by atoms with Crippen molar-refractivity contribution in [2.75, 3.05) is 13.1 Å². The van der Waals surface area contributed by atoms with E-state index < -0.39 is 0 Å². The maximum absolute atomic E-state index is 5.68. The molecule has 3 heteroatoms. The zero-order valence-corrected chi connectivity index (χ0v) is 22.5. The molecular weight excluding hydrogens is 426 g/mol. The lowest BCUT2D eigenvalue weighted by Gasteiger charge is -2.34. The van der Waals surface area contributed by atoms with E-state index >= 15 is 0 Å². The van der Waals surface area contributed by atoms with Crippen molar-refractivity contribution < 1.29 is 0 Å². The third-order valence-electron chi connectivity index (χ3n) is 6.68. The van der Waals surface area contributed by atoms with Crippen LogP contribution in [-0.2, 0) is 0 Å². The summed E-state index contributed by atoms with van der Waals surface area (Å²) >= 11 is 0. The van der Waals surface area contributed by atoms with Crippen LogP contribution in [0.3, 0.4) is 0 Å². The summed E-state index contributed by atoms with van der Waals surface area (Å²) in [5.74, 6) is 0.548. The van der Waals surface area contributed by atoms with Crippen LogP contribution in [0, 0.1) is 5.92 Å². The van der Waals surface area contributed by atoms with Gasteiger partial charge in [-0.2, -0.15) is 0 Å². The van der Waals surface area contributed by atoms with Gasteiger partial charge in [-0.15, -0.1) is 0 Å². The Kier molecular flexibility index (Phi) is 13.0. The molecule has 0 aromatic rings. The number of allylic oxidation sites excluding steroid dienone is 12. The lowest BCUT2D eigenvalue weighted by Crippen LogP contribution is -2.30. The summed E-state index contributed by atoms with van der Waals surface area (Å²) < 4.78 is 0. The van der Waals surface area contributed by atoms with Crippen LogP contribution in [0.5, 0.6) is 0 Å². The Morgan fingerprint density at radius 2 is 2.06 bits per heavy atom. The SMILES string of the molecule is C=C/C=C(\C)N(C/C=C\C(=C/C)N(C1=CCCC=C1)C1=CC=CCCC1CC)C(C)/C=C\CCN. The van der Waals surface area contributed by atoms with Gasteiger partial charge in [0.05, 0.1) is 0 Å². The molecule has 2 N–H and O–H groups in total. The van der Waals surface area contributed by atoms with Crippen LogP contribution in [0.2, 0.25) is 0 Å². The van der Waals surface area contributed by atoms with Gasteiger partial charge in [-0.25, -0.2) is 0 Å². The number of hydrogen-bond acceptors (Lipinski definition) is 3. The van der Waals surface area contributed by atoms with Crippen molar-refractivity contribution >= 4 is 0 Å². The van der Waals surface area contributed by atoms with Crippen molar-refractivity contribution in [1.82, 2.24) is 9.80 Å². The minimum atomic E-state index is 0.274. The van der Waals surface area contributed by atoms with E-state index in [-0.39, 0.29) is 6.04 Å². The first-order chi connectivity index (χ1) is 17.1. The van der Waals surface area contributed by atoms with Gasteiger partial charge < -0.3 is 15.5 Å². The van der Waals surface area contributed by atoms with E-state index in [0.717, 1.165) is 38.6 Å². The summed E-state index contributed by atoms with van der Waals surface area (Å²) in [4.78, 5) is 4.88. The normalized spacial score (nSPS) is 20.1. The minimum Gasteiger partial charge on any atom is -0.365 e. The van der Waals surface area contributed by atoms with Gasteiger partial charge >= 0.3 is 0 Å². The van der Waals surface area contributed by atoms with Gasteiger partial charge in [0.2, 0.25) is 0 Å². The molecule has 35 heavy (non-hydrogen) atoms. The molecule has 0 saturated heterocycles. The topological polar surface area (TPSA) is 32.5 Å². The molecule has 2 aliphatic carbocycles. The van der Waals surface area contributed by atoms with Crippen LogP contribution in [-0.4, -0.2) is 28.9 Å². The van der Waals surface area contributed by atoms with Crippen molar-refractivity contribution in [2.45, 2.75) is 72.3 Å². The smallest absolute Gasteiger partial charge is 0.0445 e. The van der Waals surface area contributed by atoms with Gasteiger partial charge in [0.1, 0.15) is 0 Å². The monoisotopic (exact) mass is 473 g/mol. The molecule has 0 bridgehead atoms. The van der Waals surface area contributed by atoms with E-state index in [1.807, 2.05) is 6.08 Å².